The van der Waals surface area contributed by atoms with Crippen LogP contribution in [0.5, 0.6) is 5.75 Å². The van der Waals surface area contributed by atoms with E-state index in [0.29, 0.717) is 0 Å². The average Bonchev–Trinajstić information content (AvgIpc) is 2.70. The fourth-order valence-corrected chi connectivity index (χ4v) is 4.87. The van der Waals surface area contributed by atoms with Crippen molar-refractivity contribution in [1.82, 2.24) is 0 Å². The van der Waals surface area contributed by atoms with Gasteiger partial charge in [-0.05, 0) is 81.3 Å². The van der Waals surface area contributed by atoms with E-state index in [0.717, 1.165) is 62.0 Å². The van der Waals surface area contributed by atoms with Gasteiger partial charge in [-0.25, -0.2) is 8.78 Å². The number of benzene rings is 1. The Morgan fingerprint density at radius 3 is 2.22 bits per heavy atom. The molecule has 0 N–H and O–H groups in total. The number of hydrogen-bond donors (Lipinski definition) is 0. The fourth-order valence-electron chi connectivity index (χ4n) is 4.87. The minimum absolute atomic E-state index is 0.0823. The Morgan fingerprint density at radius 1 is 1.00 bits per heavy atom. The van der Waals surface area contributed by atoms with Crippen LogP contribution in [0.2, 0.25) is 0 Å². The molecule has 1 aromatic rings. The smallest absolute Gasteiger partial charge is 0.314 e. The Bertz CT molecular complexity index is 642. The van der Waals surface area contributed by atoms with Gasteiger partial charge in [0.05, 0.1) is 5.92 Å². The van der Waals surface area contributed by atoms with Gasteiger partial charge in [-0.15, -0.1) is 6.58 Å². The SMILES string of the molecule is C=CCC[C@H]1CC[C@H](C2CCC(C(=O)Oc3ccc(F)c(F)c3)CC2)CC1. The molecule has 1 aromatic carbocycles. The van der Waals surface area contributed by atoms with E-state index in [1.807, 2.05) is 6.08 Å². The van der Waals surface area contributed by atoms with Gasteiger partial charge in [-0.1, -0.05) is 18.9 Å². The summed E-state index contributed by atoms with van der Waals surface area (Å²) in [7, 11) is 0. The Morgan fingerprint density at radius 2 is 1.63 bits per heavy atom. The van der Waals surface area contributed by atoms with Crippen molar-refractivity contribution in [3.8, 4) is 5.75 Å². The van der Waals surface area contributed by atoms with E-state index in [9.17, 15) is 13.6 Å². The zero-order chi connectivity index (χ0) is 19.2. The van der Waals surface area contributed by atoms with Crippen LogP contribution in [0.3, 0.4) is 0 Å². The lowest BCUT2D eigenvalue weighted by atomic mass is 9.69. The van der Waals surface area contributed by atoms with Gasteiger partial charge in [0.25, 0.3) is 0 Å². The van der Waals surface area contributed by atoms with E-state index >= 15 is 0 Å². The molecule has 2 aliphatic carbocycles. The number of halogens is 2. The zero-order valence-corrected chi connectivity index (χ0v) is 16.0. The first-order valence-corrected chi connectivity index (χ1v) is 10.3. The van der Waals surface area contributed by atoms with Crippen molar-refractivity contribution in [2.24, 2.45) is 23.7 Å². The molecule has 0 unspecified atom stereocenters. The number of allylic oxidation sites excluding steroid dienone is 1. The second-order valence-electron chi connectivity index (χ2n) is 8.26. The summed E-state index contributed by atoms with van der Waals surface area (Å²) in [6, 6.07) is 3.22. The summed E-state index contributed by atoms with van der Waals surface area (Å²) in [5, 5.41) is 0. The summed E-state index contributed by atoms with van der Waals surface area (Å²) in [5.41, 5.74) is 0. The second-order valence-corrected chi connectivity index (χ2v) is 8.26. The molecule has 2 saturated carbocycles. The molecule has 4 heteroatoms. The quantitative estimate of drug-likeness (QED) is 0.324. The summed E-state index contributed by atoms with van der Waals surface area (Å²) in [6.45, 7) is 3.82. The third-order valence-corrected chi connectivity index (χ3v) is 6.55. The molecule has 0 amide bonds. The minimum Gasteiger partial charge on any atom is -0.426 e. The maximum absolute atomic E-state index is 13.3. The molecular formula is C23H30F2O2. The number of esters is 1. The van der Waals surface area contributed by atoms with Gasteiger partial charge in [-0.2, -0.15) is 0 Å². The lowest BCUT2D eigenvalue weighted by molar-refractivity contribution is -0.140. The van der Waals surface area contributed by atoms with E-state index in [2.05, 4.69) is 6.58 Å². The molecule has 0 atom stereocenters. The van der Waals surface area contributed by atoms with Crippen molar-refractivity contribution < 1.29 is 18.3 Å². The molecule has 0 spiro atoms. The lowest BCUT2D eigenvalue weighted by Gasteiger charge is -2.37. The van der Waals surface area contributed by atoms with E-state index in [4.69, 9.17) is 4.74 Å². The van der Waals surface area contributed by atoms with Crippen molar-refractivity contribution in [2.45, 2.75) is 64.2 Å². The molecule has 2 aliphatic rings. The molecule has 2 nitrogen and oxygen atoms in total. The largest absolute Gasteiger partial charge is 0.426 e. The first-order valence-electron chi connectivity index (χ1n) is 10.3. The van der Waals surface area contributed by atoms with Crippen molar-refractivity contribution in [2.75, 3.05) is 0 Å². The predicted molar refractivity (Wildman–Crippen MR) is 102 cm³/mol. The molecule has 3 rings (SSSR count). The van der Waals surface area contributed by atoms with E-state index in [1.165, 1.54) is 38.2 Å². The number of ether oxygens (including phenoxy) is 1. The molecule has 0 radical (unpaired) electrons. The number of carbonyl (C=O) groups is 1. The van der Waals surface area contributed by atoms with Gasteiger partial charge in [-0.3, -0.25) is 4.79 Å². The average molecular weight is 376 g/mol. The Hall–Kier alpha value is -1.71. The van der Waals surface area contributed by atoms with Crippen molar-refractivity contribution in [1.29, 1.82) is 0 Å². The van der Waals surface area contributed by atoms with Crippen LogP contribution >= 0.6 is 0 Å². The van der Waals surface area contributed by atoms with Crippen molar-refractivity contribution >= 4 is 5.97 Å². The maximum Gasteiger partial charge on any atom is 0.314 e. The summed E-state index contributed by atoms with van der Waals surface area (Å²) in [6.07, 6.45) is 13.5. The first-order chi connectivity index (χ1) is 13.1. The Balaban J connectivity index is 1.42. The third-order valence-electron chi connectivity index (χ3n) is 6.55. The van der Waals surface area contributed by atoms with E-state index in [-0.39, 0.29) is 17.6 Å². The lowest BCUT2D eigenvalue weighted by Crippen LogP contribution is -2.30. The zero-order valence-electron chi connectivity index (χ0n) is 16.0. The molecule has 0 heterocycles. The number of hydrogen-bond acceptors (Lipinski definition) is 2. The van der Waals surface area contributed by atoms with Crippen LogP contribution in [0, 0.1) is 35.3 Å². The summed E-state index contributed by atoms with van der Waals surface area (Å²) in [4.78, 5) is 12.3. The molecule has 0 saturated heterocycles. The van der Waals surface area contributed by atoms with Crippen molar-refractivity contribution in [3.05, 3.63) is 42.5 Å². The fraction of sp³-hybridized carbons (Fsp3) is 0.609. The van der Waals surface area contributed by atoms with Gasteiger partial charge in [0.2, 0.25) is 0 Å². The maximum atomic E-state index is 13.3. The van der Waals surface area contributed by atoms with Crippen LogP contribution < -0.4 is 4.74 Å². The monoisotopic (exact) mass is 376 g/mol. The minimum atomic E-state index is -0.993. The van der Waals surface area contributed by atoms with Crippen LogP contribution in [0.15, 0.2) is 30.9 Å². The summed E-state index contributed by atoms with van der Waals surface area (Å²) >= 11 is 0. The molecular weight excluding hydrogens is 346 g/mol. The van der Waals surface area contributed by atoms with Crippen molar-refractivity contribution in [3.63, 3.8) is 0 Å². The molecule has 0 aliphatic heterocycles. The third kappa shape index (κ3) is 5.40. The summed E-state index contributed by atoms with van der Waals surface area (Å²) in [5.74, 6) is 0.0967. The standard InChI is InChI=1S/C23H30F2O2/c1-2-3-4-16-5-7-17(8-6-16)18-9-11-19(12-10-18)23(26)27-20-13-14-21(24)22(25)15-20/h2,13-19H,1,3-12H2/t16-,17-,18?,19?. The van der Waals surface area contributed by atoms with E-state index < -0.39 is 11.6 Å². The highest BCUT2D eigenvalue weighted by atomic mass is 19.2. The number of carbonyl (C=O) groups excluding carboxylic acids is 1. The number of rotatable bonds is 6. The highest BCUT2D eigenvalue weighted by molar-refractivity contribution is 5.75. The van der Waals surface area contributed by atoms with E-state index in [1.54, 1.807) is 0 Å². The van der Waals surface area contributed by atoms with Gasteiger partial charge >= 0.3 is 5.97 Å². The molecule has 2 fully saturated rings. The van der Waals surface area contributed by atoms with Crippen LogP contribution in [0.25, 0.3) is 0 Å². The second kappa shape index (κ2) is 9.48. The Labute approximate surface area is 161 Å². The van der Waals surface area contributed by atoms with Crippen LogP contribution in [0.1, 0.15) is 64.2 Å². The molecule has 0 bridgehead atoms. The van der Waals surface area contributed by atoms with Gasteiger partial charge < -0.3 is 4.74 Å². The van der Waals surface area contributed by atoms with Crippen LogP contribution in [0.4, 0.5) is 8.78 Å². The van der Waals surface area contributed by atoms with Gasteiger partial charge in [0.15, 0.2) is 11.6 Å². The van der Waals surface area contributed by atoms with Gasteiger partial charge in [0, 0.05) is 6.07 Å². The molecule has 27 heavy (non-hydrogen) atoms. The highest BCUT2D eigenvalue weighted by Gasteiger charge is 2.33. The molecule has 148 valence electrons. The Kier molecular flexibility index (Phi) is 7.03. The first kappa shape index (κ1) is 20.0. The highest BCUT2D eigenvalue weighted by Crippen LogP contribution is 2.42. The van der Waals surface area contributed by atoms with Gasteiger partial charge in [0.1, 0.15) is 5.75 Å². The molecule has 0 aromatic heterocycles. The van der Waals surface area contributed by atoms with Crippen LogP contribution in [-0.2, 0) is 4.79 Å². The predicted octanol–water partition coefficient (Wildman–Crippen LogP) is 6.45. The van der Waals surface area contributed by atoms with Crippen LogP contribution in [-0.4, -0.2) is 5.97 Å². The summed E-state index contributed by atoms with van der Waals surface area (Å²) < 4.78 is 31.5. The normalized spacial score (nSPS) is 28.5. The topological polar surface area (TPSA) is 26.3 Å².